The van der Waals surface area contributed by atoms with Gasteiger partial charge in [-0.05, 0) is 56.2 Å². The number of hydrogen-bond acceptors (Lipinski definition) is 9. The summed E-state index contributed by atoms with van der Waals surface area (Å²) < 4.78 is 11.3. The number of ether oxygens (including phenoxy) is 2. The highest BCUT2D eigenvalue weighted by atomic mass is 32.2. The first-order valence-corrected chi connectivity index (χ1v) is 14.2. The quantitative estimate of drug-likeness (QED) is 0.148. The zero-order valence-electron chi connectivity index (χ0n) is 22.0. The Balaban J connectivity index is 1.78. The molecule has 2 atom stereocenters. The first-order valence-electron chi connectivity index (χ1n) is 12.1. The van der Waals surface area contributed by atoms with E-state index in [1.54, 1.807) is 18.3 Å². The fraction of sp³-hybridized carbons (Fsp3) is 0.286. The van der Waals surface area contributed by atoms with Crippen LogP contribution in [-0.2, 0) is 9.53 Å². The molecule has 3 aromatic carbocycles. The van der Waals surface area contributed by atoms with E-state index >= 15 is 0 Å². The molecule has 0 N–H and O–H groups in total. The number of anilines is 1. The lowest BCUT2D eigenvalue weighted by molar-refractivity contribution is -0.385. The molecule has 0 saturated heterocycles. The maximum Gasteiger partial charge on any atom is 0.340 e. The summed E-state index contributed by atoms with van der Waals surface area (Å²) in [5.41, 5.74) is 1.59. The van der Waals surface area contributed by atoms with Gasteiger partial charge in [-0.2, -0.15) is 0 Å². The van der Waals surface area contributed by atoms with Crippen molar-refractivity contribution in [3.8, 4) is 5.75 Å². The molecule has 1 aliphatic rings. The van der Waals surface area contributed by atoms with Gasteiger partial charge in [0.05, 0.1) is 28.5 Å². The summed E-state index contributed by atoms with van der Waals surface area (Å²) in [6, 6.07) is 19.0. The largest absolute Gasteiger partial charge is 0.497 e. The van der Waals surface area contributed by atoms with Crippen LogP contribution >= 0.6 is 23.5 Å². The summed E-state index contributed by atoms with van der Waals surface area (Å²) in [5.74, 6) is -0.387. The molecule has 0 bridgehead atoms. The van der Waals surface area contributed by atoms with Crippen LogP contribution in [0.15, 0.2) is 76.5 Å². The van der Waals surface area contributed by atoms with Crippen molar-refractivity contribution in [2.24, 2.45) is 0 Å². The van der Waals surface area contributed by atoms with E-state index in [1.807, 2.05) is 67.5 Å². The molecule has 204 valence electrons. The van der Waals surface area contributed by atoms with Crippen LogP contribution in [0.1, 0.15) is 21.2 Å². The van der Waals surface area contributed by atoms with E-state index in [-0.39, 0.29) is 17.2 Å². The second-order valence-corrected chi connectivity index (χ2v) is 11.1. The van der Waals surface area contributed by atoms with Gasteiger partial charge in [0.2, 0.25) is 0 Å². The summed E-state index contributed by atoms with van der Waals surface area (Å²) in [6.45, 7) is 1.01. The van der Waals surface area contributed by atoms with E-state index in [9.17, 15) is 19.7 Å². The minimum Gasteiger partial charge on any atom is -0.497 e. The fourth-order valence-corrected chi connectivity index (χ4v) is 6.13. The molecule has 0 aliphatic carbocycles. The van der Waals surface area contributed by atoms with E-state index in [2.05, 4.69) is 0 Å². The Labute approximate surface area is 235 Å². The molecule has 0 radical (unpaired) electrons. The Hall–Kier alpha value is -3.54. The standard InChI is InChI=1S/C28H29N3O6S2/c1-29(2)15-16-30-22-7-5-6-8-23(22)39-26(18-9-12-20(36-3)13-10-18)25(27(30)32)37-28(33)21-14-11-19(31(34)35)17-24(21)38-4/h5-14,17,25-26H,15-16H2,1-4H3/t25-,26+/m0/s1. The lowest BCUT2D eigenvalue weighted by Crippen LogP contribution is -2.45. The molecular formula is C28H29N3O6S2. The summed E-state index contributed by atoms with van der Waals surface area (Å²) in [6.07, 6.45) is 0.567. The Morgan fingerprint density at radius 2 is 1.85 bits per heavy atom. The van der Waals surface area contributed by atoms with E-state index in [4.69, 9.17) is 9.47 Å². The number of fused-ring (bicyclic) bond motifs is 1. The molecule has 3 aromatic rings. The van der Waals surface area contributed by atoms with E-state index in [1.165, 1.54) is 41.7 Å². The zero-order valence-corrected chi connectivity index (χ0v) is 23.7. The summed E-state index contributed by atoms with van der Waals surface area (Å²) in [5, 5.41) is 10.7. The van der Waals surface area contributed by atoms with Gasteiger partial charge in [-0.3, -0.25) is 14.9 Å². The van der Waals surface area contributed by atoms with Crippen LogP contribution in [0.3, 0.4) is 0 Å². The predicted molar refractivity (Wildman–Crippen MR) is 153 cm³/mol. The van der Waals surface area contributed by atoms with Gasteiger partial charge in [0.1, 0.15) is 5.75 Å². The second-order valence-electron chi connectivity index (χ2n) is 9.04. The van der Waals surface area contributed by atoms with Crippen molar-refractivity contribution in [1.82, 2.24) is 4.90 Å². The van der Waals surface area contributed by atoms with Gasteiger partial charge in [0.15, 0.2) is 6.10 Å². The van der Waals surface area contributed by atoms with E-state index < -0.39 is 22.2 Å². The van der Waals surface area contributed by atoms with Crippen molar-refractivity contribution in [2.75, 3.05) is 45.5 Å². The number of rotatable bonds is 9. The van der Waals surface area contributed by atoms with Gasteiger partial charge in [-0.1, -0.05) is 24.3 Å². The number of para-hydroxylation sites is 1. The number of esters is 1. The Morgan fingerprint density at radius 1 is 1.13 bits per heavy atom. The molecule has 1 heterocycles. The van der Waals surface area contributed by atoms with Crippen molar-refractivity contribution in [2.45, 2.75) is 21.1 Å². The third-order valence-electron chi connectivity index (χ3n) is 6.26. The number of amides is 1. The number of nitro benzene ring substituents is 1. The molecule has 9 nitrogen and oxygen atoms in total. The van der Waals surface area contributed by atoms with Gasteiger partial charge in [-0.15, -0.1) is 23.5 Å². The van der Waals surface area contributed by atoms with Crippen LogP contribution in [0.4, 0.5) is 11.4 Å². The highest BCUT2D eigenvalue weighted by molar-refractivity contribution is 7.99. The fourth-order valence-electron chi connectivity index (χ4n) is 4.20. The first kappa shape index (κ1) is 28.5. The molecule has 4 rings (SSSR count). The van der Waals surface area contributed by atoms with Crippen molar-refractivity contribution >= 4 is 46.8 Å². The molecule has 0 saturated carbocycles. The number of carbonyl (C=O) groups is 2. The molecule has 39 heavy (non-hydrogen) atoms. The number of nitrogens with zero attached hydrogens (tertiary/aromatic N) is 3. The summed E-state index contributed by atoms with van der Waals surface area (Å²) in [4.78, 5) is 43.4. The average molecular weight is 568 g/mol. The number of non-ortho nitro benzene ring substituents is 1. The van der Waals surface area contributed by atoms with Gasteiger partial charge >= 0.3 is 5.97 Å². The lowest BCUT2D eigenvalue weighted by atomic mass is 10.0. The molecule has 0 aromatic heterocycles. The maximum absolute atomic E-state index is 14.2. The van der Waals surface area contributed by atoms with Crippen molar-refractivity contribution in [3.05, 3.63) is 88.0 Å². The summed E-state index contributed by atoms with van der Waals surface area (Å²) >= 11 is 2.66. The Bertz CT molecular complexity index is 1370. The number of hydrogen-bond donors (Lipinski definition) is 0. The van der Waals surface area contributed by atoms with Gasteiger partial charge in [0.25, 0.3) is 11.6 Å². The smallest absolute Gasteiger partial charge is 0.340 e. The minimum atomic E-state index is -1.16. The van der Waals surface area contributed by atoms with Crippen molar-refractivity contribution in [1.29, 1.82) is 0 Å². The molecule has 1 amide bonds. The van der Waals surface area contributed by atoms with Crippen LogP contribution in [0.5, 0.6) is 5.75 Å². The van der Waals surface area contributed by atoms with E-state index in [0.717, 1.165) is 16.1 Å². The predicted octanol–water partition coefficient (Wildman–Crippen LogP) is 5.29. The number of methoxy groups -OCH3 is 1. The number of likely N-dealkylation sites (N-methyl/N-ethyl adjacent to an activating group) is 1. The third-order valence-corrected chi connectivity index (χ3v) is 8.41. The molecule has 11 heteroatoms. The van der Waals surface area contributed by atoms with Crippen molar-refractivity contribution in [3.63, 3.8) is 0 Å². The number of carbonyl (C=O) groups excluding carboxylic acids is 2. The van der Waals surface area contributed by atoms with E-state index in [0.29, 0.717) is 23.7 Å². The second kappa shape index (κ2) is 12.5. The van der Waals surface area contributed by atoms with Gasteiger partial charge < -0.3 is 19.3 Å². The van der Waals surface area contributed by atoms with Gasteiger partial charge in [-0.25, -0.2) is 4.79 Å². The molecule has 0 spiro atoms. The highest BCUT2D eigenvalue weighted by Crippen LogP contribution is 2.47. The highest BCUT2D eigenvalue weighted by Gasteiger charge is 2.41. The number of thioether (sulfide) groups is 2. The van der Waals surface area contributed by atoms with Crippen LogP contribution < -0.4 is 9.64 Å². The van der Waals surface area contributed by atoms with Gasteiger partial charge in [0, 0.05) is 35.0 Å². The SMILES string of the molecule is COc1ccc([C@H]2Sc3ccccc3N(CCN(C)C)C(=O)[C@H]2OC(=O)c2ccc([N+](=O)[O-])cc2SC)cc1. The zero-order chi connectivity index (χ0) is 28.1. The number of benzene rings is 3. The third kappa shape index (κ3) is 6.38. The molecule has 1 aliphatic heterocycles. The minimum absolute atomic E-state index is 0.126. The van der Waals surface area contributed by atoms with Crippen LogP contribution in [0.2, 0.25) is 0 Å². The normalized spacial score (nSPS) is 16.9. The van der Waals surface area contributed by atoms with Crippen LogP contribution in [0, 0.1) is 10.1 Å². The topological polar surface area (TPSA) is 102 Å². The first-order chi connectivity index (χ1) is 18.7. The Morgan fingerprint density at radius 3 is 2.49 bits per heavy atom. The maximum atomic E-state index is 14.2. The Kier molecular flexibility index (Phi) is 9.16. The molecule has 0 unspecified atom stereocenters. The monoisotopic (exact) mass is 567 g/mol. The van der Waals surface area contributed by atoms with Crippen LogP contribution in [0.25, 0.3) is 0 Å². The number of nitro groups is 1. The molecule has 0 fully saturated rings. The lowest BCUT2D eigenvalue weighted by Gasteiger charge is -2.29. The van der Waals surface area contributed by atoms with Crippen molar-refractivity contribution < 1.29 is 24.0 Å². The van der Waals surface area contributed by atoms with Crippen LogP contribution in [-0.4, -0.2) is 68.4 Å². The summed E-state index contributed by atoms with van der Waals surface area (Å²) in [7, 11) is 5.44. The average Bonchev–Trinajstić information content (AvgIpc) is 3.05. The molecular weight excluding hydrogens is 538 g/mol.